The summed E-state index contributed by atoms with van der Waals surface area (Å²) < 4.78 is 0. The SMILES string of the molecule is C[C@H]1CNCCN1CCN1CCNC1=O. The molecule has 2 saturated heterocycles. The van der Waals surface area contributed by atoms with Crippen molar-refractivity contribution in [3.8, 4) is 0 Å². The first-order valence-electron chi connectivity index (χ1n) is 5.75. The van der Waals surface area contributed by atoms with E-state index in [4.69, 9.17) is 0 Å². The largest absolute Gasteiger partial charge is 0.336 e. The van der Waals surface area contributed by atoms with Crippen molar-refractivity contribution in [2.24, 2.45) is 0 Å². The lowest BCUT2D eigenvalue weighted by Gasteiger charge is -2.34. The lowest BCUT2D eigenvalue weighted by molar-refractivity contribution is 0.154. The molecule has 5 nitrogen and oxygen atoms in total. The fraction of sp³-hybridized carbons (Fsp3) is 0.900. The Bertz CT molecular complexity index is 233. The molecule has 0 aliphatic carbocycles. The number of piperazine rings is 1. The quantitative estimate of drug-likeness (QED) is 0.651. The number of carbonyl (C=O) groups is 1. The molecule has 0 saturated carbocycles. The first-order valence-corrected chi connectivity index (χ1v) is 5.75. The van der Waals surface area contributed by atoms with Crippen molar-refractivity contribution in [1.29, 1.82) is 0 Å². The Morgan fingerprint density at radius 2 is 2.20 bits per heavy atom. The lowest BCUT2D eigenvalue weighted by Crippen LogP contribution is -2.51. The van der Waals surface area contributed by atoms with Crippen LogP contribution in [0.3, 0.4) is 0 Å². The van der Waals surface area contributed by atoms with Gasteiger partial charge < -0.3 is 15.5 Å². The van der Waals surface area contributed by atoms with Crippen LogP contribution in [0.15, 0.2) is 0 Å². The maximum absolute atomic E-state index is 11.3. The molecular weight excluding hydrogens is 192 g/mol. The second-order valence-corrected chi connectivity index (χ2v) is 4.31. The fourth-order valence-electron chi connectivity index (χ4n) is 2.19. The van der Waals surface area contributed by atoms with Gasteiger partial charge in [0.25, 0.3) is 0 Å². The van der Waals surface area contributed by atoms with Crippen LogP contribution in [0.1, 0.15) is 6.92 Å². The van der Waals surface area contributed by atoms with Gasteiger partial charge in [0.2, 0.25) is 0 Å². The second kappa shape index (κ2) is 4.81. The van der Waals surface area contributed by atoms with Crippen LogP contribution in [0.5, 0.6) is 0 Å². The minimum Gasteiger partial charge on any atom is -0.336 e. The average molecular weight is 212 g/mol. The minimum absolute atomic E-state index is 0.0952. The Labute approximate surface area is 90.8 Å². The smallest absolute Gasteiger partial charge is 0.317 e. The molecule has 2 fully saturated rings. The predicted octanol–water partition coefficient (Wildman–Crippen LogP) is -0.695. The van der Waals surface area contributed by atoms with Crippen LogP contribution >= 0.6 is 0 Å². The van der Waals surface area contributed by atoms with E-state index >= 15 is 0 Å². The molecule has 1 atom stereocenters. The van der Waals surface area contributed by atoms with E-state index in [1.54, 1.807) is 0 Å². The van der Waals surface area contributed by atoms with Gasteiger partial charge in [0, 0.05) is 51.9 Å². The van der Waals surface area contributed by atoms with Gasteiger partial charge in [-0.2, -0.15) is 0 Å². The van der Waals surface area contributed by atoms with Crippen molar-refractivity contribution in [3.05, 3.63) is 0 Å². The molecule has 2 rings (SSSR count). The zero-order chi connectivity index (χ0) is 10.7. The number of nitrogens with zero attached hydrogens (tertiary/aromatic N) is 2. The van der Waals surface area contributed by atoms with Crippen molar-refractivity contribution in [2.75, 3.05) is 45.8 Å². The van der Waals surface area contributed by atoms with Gasteiger partial charge in [0.1, 0.15) is 0 Å². The molecule has 0 aromatic rings. The monoisotopic (exact) mass is 212 g/mol. The highest BCUT2D eigenvalue weighted by atomic mass is 16.2. The summed E-state index contributed by atoms with van der Waals surface area (Å²) in [7, 11) is 0. The molecule has 86 valence electrons. The normalized spacial score (nSPS) is 28.2. The average Bonchev–Trinajstić information content (AvgIpc) is 2.63. The second-order valence-electron chi connectivity index (χ2n) is 4.31. The van der Waals surface area contributed by atoms with Crippen LogP contribution in [0.25, 0.3) is 0 Å². The van der Waals surface area contributed by atoms with E-state index in [9.17, 15) is 4.79 Å². The summed E-state index contributed by atoms with van der Waals surface area (Å²) in [4.78, 5) is 15.7. The summed E-state index contributed by atoms with van der Waals surface area (Å²) in [5.41, 5.74) is 0. The molecule has 0 aromatic carbocycles. The highest BCUT2D eigenvalue weighted by Crippen LogP contribution is 2.03. The van der Waals surface area contributed by atoms with Gasteiger partial charge in [0.15, 0.2) is 0 Å². The van der Waals surface area contributed by atoms with E-state index in [-0.39, 0.29) is 6.03 Å². The number of carbonyl (C=O) groups excluding carboxylic acids is 1. The minimum atomic E-state index is 0.0952. The van der Waals surface area contributed by atoms with Gasteiger partial charge in [-0.25, -0.2) is 4.79 Å². The van der Waals surface area contributed by atoms with Crippen LogP contribution in [0.2, 0.25) is 0 Å². The maximum atomic E-state index is 11.3. The Morgan fingerprint density at radius 1 is 1.33 bits per heavy atom. The third-order valence-electron chi connectivity index (χ3n) is 3.24. The van der Waals surface area contributed by atoms with Crippen LogP contribution in [-0.2, 0) is 0 Å². The van der Waals surface area contributed by atoms with Crippen molar-refractivity contribution >= 4 is 6.03 Å². The first kappa shape index (κ1) is 10.7. The van der Waals surface area contributed by atoms with Crippen LogP contribution in [-0.4, -0.2) is 67.7 Å². The van der Waals surface area contributed by atoms with E-state index < -0.39 is 0 Å². The number of urea groups is 1. The number of hydrogen-bond donors (Lipinski definition) is 2. The summed E-state index contributed by atoms with van der Waals surface area (Å²) in [5.74, 6) is 0. The molecule has 2 aliphatic rings. The van der Waals surface area contributed by atoms with Crippen molar-refractivity contribution < 1.29 is 4.79 Å². The number of amides is 2. The Hall–Kier alpha value is -0.810. The summed E-state index contributed by atoms with van der Waals surface area (Å²) in [6.45, 7) is 8.97. The molecule has 2 aliphatic heterocycles. The number of nitrogens with one attached hydrogen (secondary N) is 2. The van der Waals surface area contributed by atoms with Gasteiger partial charge in [0.05, 0.1) is 0 Å². The topological polar surface area (TPSA) is 47.6 Å². The zero-order valence-corrected chi connectivity index (χ0v) is 9.33. The number of hydrogen-bond acceptors (Lipinski definition) is 3. The highest BCUT2D eigenvalue weighted by molar-refractivity contribution is 5.76. The fourth-order valence-corrected chi connectivity index (χ4v) is 2.19. The summed E-state index contributed by atoms with van der Waals surface area (Å²) in [6.07, 6.45) is 0. The van der Waals surface area contributed by atoms with Gasteiger partial charge in [-0.1, -0.05) is 0 Å². The molecule has 0 spiro atoms. The summed E-state index contributed by atoms with van der Waals surface area (Å²) >= 11 is 0. The highest BCUT2D eigenvalue weighted by Gasteiger charge is 2.22. The van der Waals surface area contributed by atoms with E-state index in [2.05, 4.69) is 22.5 Å². The third kappa shape index (κ3) is 2.60. The first-order chi connectivity index (χ1) is 7.27. The van der Waals surface area contributed by atoms with Gasteiger partial charge in [-0.3, -0.25) is 4.90 Å². The molecule has 2 heterocycles. The van der Waals surface area contributed by atoms with Gasteiger partial charge in [-0.05, 0) is 6.92 Å². The molecule has 0 unspecified atom stereocenters. The predicted molar refractivity (Wildman–Crippen MR) is 58.9 cm³/mol. The molecule has 0 aromatic heterocycles. The van der Waals surface area contributed by atoms with E-state index in [1.165, 1.54) is 0 Å². The summed E-state index contributed by atoms with van der Waals surface area (Å²) in [5, 5.41) is 6.19. The van der Waals surface area contributed by atoms with Crippen molar-refractivity contribution in [1.82, 2.24) is 20.4 Å². The van der Waals surface area contributed by atoms with E-state index in [0.717, 1.165) is 45.8 Å². The zero-order valence-electron chi connectivity index (χ0n) is 9.33. The molecule has 0 bridgehead atoms. The standard InChI is InChI=1S/C10H20N4O/c1-9-8-11-2-4-13(9)6-7-14-5-3-12-10(14)15/h9,11H,2-8H2,1H3,(H,12,15)/t9-/m0/s1. The molecule has 2 N–H and O–H groups in total. The van der Waals surface area contributed by atoms with Crippen molar-refractivity contribution in [3.63, 3.8) is 0 Å². The molecule has 5 heteroatoms. The Balaban J connectivity index is 1.74. The Kier molecular flexibility index (Phi) is 3.43. The molecule has 2 amide bonds. The summed E-state index contributed by atoms with van der Waals surface area (Å²) in [6, 6.07) is 0.683. The lowest BCUT2D eigenvalue weighted by atomic mass is 10.2. The van der Waals surface area contributed by atoms with Gasteiger partial charge >= 0.3 is 6.03 Å². The third-order valence-corrected chi connectivity index (χ3v) is 3.24. The molecular formula is C10H20N4O. The van der Waals surface area contributed by atoms with Crippen LogP contribution < -0.4 is 10.6 Å². The van der Waals surface area contributed by atoms with E-state index in [1.807, 2.05) is 4.90 Å². The van der Waals surface area contributed by atoms with Crippen molar-refractivity contribution in [2.45, 2.75) is 13.0 Å². The molecule has 0 radical (unpaired) electrons. The van der Waals surface area contributed by atoms with Crippen LogP contribution in [0.4, 0.5) is 4.79 Å². The van der Waals surface area contributed by atoms with E-state index in [0.29, 0.717) is 6.04 Å². The maximum Gasteiger partial charge on any atom is 0.317 e. The Morgan fingerprint density at radius 3 is 2.87 bits per heavy atom. The number of rotatable bonds is 3. The molecule has 15 heavy (non-hydrogen) atoms. The van der Waals surface area contributed by atoms with Crippen LogP contribution in [0, 0.1) is 0 Å². The van der Waals surface area contributed by atoms with Gasteiger partial charge in [-0.15, -0.1) is 0 Å².